The van der Waals surface area contributed by atoms with E-state index in [1.54, 1.807) is 4.68 Å². The zero-order chi connectivity index (χ0) is 14.5. The van der Waals surface area contributed by atoms with E-state index in [0.717, 1.165) is 17.1 Å². The highest BCUT2D eigenvalue weighted by Crippen LogP contribution is 2.21. The van der Waals surface area contributed by atoms with Crippen LogP contribution in [0.5, 0.6) is 0 Å². The smallest absolute Gasteiger partial charge is 0.158 e. The first kappa shape index (κ1) is 14.5. The summed E-state index contributed by atoms with van der Waals surface area (Å²) in [6.07, 6.45) is 0. The van der Waals surface area contributed by atoms with E-state index in [1.165, 1.54) is 0 Å². The van der Waals surface area contributed by atoms with Crippen molar-refractivity contribution in [3.63, 3.8) is 0 Å². The van der Waals surface area contributed by atoms with Gasteiger partial charge in [0, 0.05) is 24.8 Å². The number of rotatable bonds is 6. The van der Waals surface area contributed by atoms with E-state index in [4.69, 9.17) is 10.2 Å². The average Bonchev–Trinajstić information content (AvgIpc) is 2.81. The van der Waals surface area contributed by atoms with Crippen LogP contribution in [0.15, 0.2) is 24.3 Å². The lowest BCUT2D eigenvalue weighted by Gasteiger charge is -2.18. The van der Waals surface area contributed by atoms with Gasteiger partial charge in [-0.3, -0.25) is 0 Å². The molecule has 2 aromatic rings. The predicted octanol–water partition coefficient (Wildman–Crippen LogP) is 0.674. The molecule has 1 heterocycles. The van der Waals surface area contributed by atoms with Crippen molar-refractivity contribution in [1.82, 2.24) is 14.8 Å². The van der Waals surface area contributed by atoms with E-state index in [9.17, 15) is 0 Å². The highest BCUT2D eigenvalue weighted by Gasteiger charge is 2.10. The third kappa shape index (κ3) is 3.15. The largest absolute Gasteiger partial charge is 0.395 e. The molecule has 0 spiro atoms. The van der Waals surface area contributed by atoms with E-state index in [2.05, 4.69) is 10.1 Å². The molecule has 0 amide bonds. The van der Waals surface area contributed by atoms with Gasteiger partial charge in [0.25, 0.3) is 0 Å². The Balaban J connectivity index is 2.25. The van der Waals surface area contributed by atoms with Gasteiger partial charge < -0.3 is 15.1 Å². The summed E-state index contributed by atoms with van der Waals surface area (Å²) in [5.74, 6) is 1.45. The third-order valence-electron chi connectivity index (χ3n) is 3.09. The number of hydrogen-bond acceptors (Lipinski definition) is 5. The first-order chi connectivity index (χ1) is 9.65. The van der Waals surface area contributed by atoms with Crippen LogP contribution in [0.1, 0.15) is 5.82 Å². The molecule has 2 N–H and O–H groups in total. The van der Waals surface area contributed by atoms with Crippen molar-refractivity contribution in [2.45, 2.75) is 13.5 Å². The van der Waals surface area contributed by atoms with Gasteiger partial charge in [0.2, 0.25) is 0 Å². The van der Waals surface area contributed by atoms with Crippen molar-refractivity contribution < 1.29 is 10.2 Å². The Kier molecular flexibility index (Phi) is 4.70. The summed E-state index contributed by atoms with van der Waals surface area (Å²) in [4.78, 5) is 6.38. The second-order valence-corrected chi connectivity index (χ2v) is 4.62. The number of benzene rings is 1. The molecule has 0 fully saturated rings. The number of anilines is 1. The van der Waals surface area contributed by atoms with Crippen LogP contribution >= 0.6 is 0 Å². The maximum atomic E-state index is 9.06. The summed E-state index contributed by atoms with van der Waals surface area (Å²) < 4.78 is 1.71. The lowest BCUT2D eigenvalue weighted by Crippen LogP contribution is -2.20. The van der Waals surface area contributed by atoms with Gasteiger partial charge in [-0.05, 0) is 31.2 Å². The van der Waals surface area contributed by atoms with Gasteiger partial charge in [-0.15, -0.1) is 0 Å². The molecular formula is C14H20N4O2. The van der Waals surface area contributed by atoms with Crippen LogP contribution in [0, 0.1) is 6.92 Å². The van der Waals surface area contributed by atoms with Crippen LogP contribution in [0.2, 0.25) is 0 Å². The first-order valence-corrected chi connectivity index (χ1v) is 6.60. The van der Waals surface area contributed by atoms with E-state index in [0.29, 0.717) is 18.9 Å². The first-order valence-electron chi connectivity index (χ1n) is 6.60. The van der Waals surface area contributed by atoms with Gasteiger partial charge >= 0.3 is 0 Å². The van der Waals surface area contributed by atoms with Gasteiger partial charge in [-0.25, -0.2) is 9.67 Å². The Morgan fingerprint density at radius 1 is 1.15 bits per heavy atom. The minimum Gasteiger partial charge on any atom is -0.395 e. The topological polar surface area (TPSA) is 74.4 Å². The van der Waals surface area contributed by atoms with Crippen LogP contribution in [0.3, 0.4) is 0 Å². The Morgan fingerprint density at radius 2 is 1.85 bits per heavy atom. The molecule has 2 rings (SSSR count). The third-order valence-corrected chi connectivity index (χ3v) is 3.09. The molecule has 0 bridgehead atoms. The molecule has 0 atom stereocenters. The van der Waals surface area contributed by atoms with Crippen molar-refractivity contribution in [3.05, 3.63) is 30.1 Å². The lowest BCUT2D eigenvalue weighted by molar-refractivity contribution is 0.270. The minimum atomic E-state index is 0.0348. The normalized spacial score (nSPS) is 10.8. The summed E-state index contributed by atoms with van der Waals surface area (Å²) in [6, 6.07) is 7.91. The minimum absolute atomic E-state index is 0.0348. The van der Waals surface area contributed by atoms with E-state index < -0.39 is 0 Å². The molecule has 1 aromatic heterocycles. The summed E-state index contributed by atoms with van der Waals surface area (Å²) in [5.41, 5.74) is 1.99. The monoisotopic (exact) mass is 276 g/mol. The average molecular weight is 276 g/mol. The van der Waals surface area contributed by atoms with Gasteiger partial charge in [-0.2, -0.15) is 5.10 Å². The van der Waals surface area contributed by atoms with Crippen LogP contribution < -0.4 is 4.90 Å². The predicted molar refractivity (Wildman–Crippen MR) is 77.6 cm³/mol. The molecule has 0 saturated carbocycles. The second kappa shape index (κ2) is 6.49. The highest BCUT2D eigenvalue weighted by atomic mass is 16.3. The van der Waals surface area contributed by atoms with Crippen LogP contribution in [-0.4, -0.2) is 51.8 Å². The Bertz CT molecular complexity index is 551. The standard InChI is InChI=1S/C14H20N4O2/c1-11-15-14(18(16-11)8-10-20)12-3-5-13(6-4-12)17(2)7-9-19/h3-6,19-20H,7-10H2,1-2H3. The SMILES string of the molecule is Cc1nc(-c2ccc(N(C)CCO)cc2)n(CCO)n1. The van der Waals surface area contributed by atoms with Gasteiger partial charge in [0.15, 0.2) is 5.82 Å². The number of nitrogens with zero attached hydrogens (tertiary/aromatic N) is 4. The molecule has 0 saturated heterocycles. The maximum absolute atomic E-state index is 9.06. The number of hydrogen-bond donors (Lipinski definition) is 2. The van der Waals surface area contributed by atoms with Crippen molar-refractivity contribution >= 4 is 5.69 Å². The van der Waals surface area contributed by atoms with Gasteiger partial charge in [-0.1, -0.05) is 0 Å². The zero-order valence-electron chi connectivity index (χ0n) is 11.8. The van der Waals surface area contributed by atoms with E-state index in [1.807, 2.05) is 43.1 Å². The molecule has 20 heavy (non-hydrogen) atoms. The summed E-state index contributed by atoms with van der Waals surface area (Å²) in [7, 11) is 1.93. The highest BCUT2D eigenvalue weighted by molar-refractivity contribution is 5.60. The Labute approximate surface area is 118 Å². The van der Waals surface area contributed by atoms with Gasteiger partial charge in [0.1, 0.15) is 5.82 Å². The molecule has 0 aliphatic carbocycles. The van der Waals surface area contributed by atoms with Crippen molar-refractivity contribution in [1.29, 1.82) is 0 Å². The molecule has 0 aliphatic heterocycles. The number of aliphatic hydroxyl groups excluding tert-OH is 2. The Morgan fingerprint density at radius 3 is 2.45 bits per heavy atom. The lowest BCUT2D eigenvalue weighted by atomic mass is 10.2. The number of aliphatic hydroxyl groups is 2. The fourth-order valence-electron chi connectivity index (χ4n) is 2.06. The van der Waals surface area contributed by atoms with Crippen molar-refractivity contribution in [2.24, 2.45) is 0 Å². The van der Waals surface area contributed by atoms with Crippen LogP contribution in [0.25, 0.3) is 11.4 Å². The number of aryl methyl sites for hydroxylation is 1. The van der Waals surface area contributed by atoms with Crippen LogP contribution in [0.4, 0.5) is 5.69 Å². The van der Waals surface area contributed by atoms with E-state index in [-0.39, 0.29) is 13.2 Å². The summed E-state index contributed by atoms with van der Waals surface area (Å²) in [6.45, 7) is 3.03. The summed E-state index contributed by atoms with van der Waals surface area (Å²) >= 11 is 0. The summed E-state index contributed by atoms with van der Waals surface area (Å²) in [5, 5.41) is 22.3. The number of aromatic nitrogens is 3. The van der Waals surface area contributed by atoms with Gasteiger partial charge in [0.05, 0.1) is 19.8 Å². The molecular weight excluding hydrogens is 256 g/mol. The molecule has 1 aromatic carbocycles. The molecule has 6 heteroatoms. The molecule has 108 valence electrons. The zero-order valence-corrected chi connectivity index (χ0v) is 11.8. The van der Waals surface area contributed by atoms with Crippen LogP contribution in [-0.2, 0) is 6.54 Å². The second-order valence-electron chi connectivity index (χ2n) is 4.62. The molecule has 0 radical (unpaired) electrons. The molecule has 0 unspecified atom stereocenters. The fraction of sp³-hybridized carbons (Fsp3) is 0.429. The molecule has 6 nitrogen and oxygen atoms in total. The molecule has 0 aliphatic rings. The van der Waals surface area contributed by atoms with E-state index >= 15 is 0 Å². The van der Waals surface area contributed by atoms with Crippen molar-refractivity contribution in [3.8, 4) is 11.4 Å². The van der Waals surface area contributed by atoms with Crippen molar-refractivity contribution in [2.75, 3.05) is 31.7 Å². The Hall–Kier alpha value is -1.92. The fourth-order valence-corrected chi connectivity index (χ4v) is 2.06. The quantitative estimate of drug-likeness (QED) is 0.811. The maximum Gasteiger partial charge on any atom is 0.158 e. The number of likely N-dealkylation sites (N-methyl/N-ethyl adjacent to an activating group) is 1.